The molecule has 1 unspecified atom stereocenters. The van der Waals surface area contributed by atoms with Crippen molar-refractivity contribution in [2.45, 2.75) is 44.8 Å². The zero-order valence-electron chi connectivity index (χ0n) is 10.7. The summed E-state index contributed by atoms with van der Waals surface area (Å²) in [6.45, 7) is 1.78. The number of amides is 1. The minimum absolute atomic E-state index is 0.139. The van der Waals surface area contributed by atoms with Crippen molar-refractivity contribution >= 4 is 17.3 Å². The first-order valence-corrected chi connectivity index (χ1v) is 6.47. The van der Waals surface area contributed by atoms with Gasteiger partial charge in [0.2, 0.25) is 0 Å². The summed E-state index contributed by atoms with van der Waals surface area (Å²) in [5.74, 6) is -0.139. The number of hydrogen-bond acceptors (Lipinski definition) is 3. The van der Waals surface area contributed by atoms with Crippen molar-refractivity contribution in [2.24, 2.45) is 0 Å². The molecular weight excluding hydrogens is 228 g/mol. The Balaban J connectivity index is 1.89. The molecule has 0 aromatic heterocycles. The predicted molar refractivity (Wildman–Crippen MR) is 72.3 cm³/mol. The minimum Gasteiger partial charge on any atom is -0.397 e. The van der Waals surface area contributed by atoms with Crippen molar-refractivity contribution < 1.29 is 9.53 Å². The minimum atomic E-state index is -0.437. The highest BCUT2D eigenvalue weighted by molar-refractivity contribution is 5.96. The van der Waals surface area contributed by atoms with Gasteiger partial charge in [0, 0.05) is 0 Å². The highest BCUT2D eigenvalue weighted by Crippen LogP contribution is 2.23. The van der Waals surface area contributed by atoms with Crippen LogP contribution in [0.2, 0.25) is 0 Å². The molecule has 1 fully saturated rings. The fourth-order valence-corrected chi connectivity index (χ4v) is 2.22. The molecule has 1 aromatic rings. The van der Waals surface area contributed by atoms with Gasteiger partial charge in [-0.15, -0.1) is 0 Å². The number of benzene rings is 1. The monoisotopic (exact) mass is 248 g/mol. The van der Waals surface area contributed by atoms with E-state index >= 15 is 0 Å². The van der Waals surface area contributed by atoms with Crippen molar-refractivity contribution in [3.63, 3.8) is 0 Å². The summed E-state index contributed by atoms with van der Waals surface area (Å²) in [5, 5.41) is 2.79. The first-order valence-electron chi connectivity index (χ1n) is 6.47. The Kier molecular flexibility index (Phi) is 4.20. The van der Waals surface area contributed by atoms with Gasteiger partial charge < -0.3 is 15.8 Å². The molecule has 1 atom stereocenters. The molecule has 18 heavy (non-hydrogen) atoms. The number of carbonyl (C=O) groups is 1. The van der Waals surface area contributed by atoms with Gasteiger partial charge in [-0.05, 0) is 31.9 Å². The zero-order chi connectivity index (χ0) is 13.0. The molecule has 0 bridgehead atoms. The van der Waals surface area contributed by atoms with Crippen LogP contribution in [0.15, 0.2) is 24.3 Å². The van der Waals surface area contributed by atoms with Crippen LogP contribution in [0.3, 0.4) is 0 Å². The van der Waals surface area contributed by atoms with Crippen LogP contribution in [-0.4, -0.2) is 18.1 Å². The standard InChI is InChI=1S/C14H20N2O2/c1-10(18-11-6-2-3-7-11)14(17)16-13-9-5-4-8-12(13)15/h4-5,8-11H,2-3,6-7,15H2,1H3,(H,16,17). The molecule has 0 heterocycles. The van der Waals surface area contributed by atoms with Crippen LogP contribution in [0.25, 0.3) is 0 Å². The highest BCUT2D eigenvalue weighted by Gasteiger charge is 2.22. The van der Waals surface area contributed by atoms with Crippen LogP contribution >= 0.6 is 0 Å². The first kappa shape index (κ1) is 12.9. The van der Waals surface area contributed by atoms with E-state index in [-0.39, 0.29) is 12.0 Å². The maximum absolute atomic E-state index is 12.0. The Hall–Kier alpha value is -1.55. The SMILES string of the molecule is CC(OC1CCCC1)C(=O)Nc1ccccc1N. The number of para-hydroxylation sites is 2. The zero-order valence-corrected chi connectivity index (χ0v) is 10.7. The molecule has 1 aliphatic carbocycles. The third-order valence-corrected chi connectivity index (χ3v) is 3.29. The van der Waals surface area contributed by atoms with Crippen molar-refractivity contribution in [1.29, 1.82) is 0 Å². The maximum Gasteiger partial charge on any atom is 0.253 e. The van der Waals surface area contributed by atoms with E-state index < -0.39 is 6.10 Å². The summed E-state index contributed by atoms with van der Waals surface area (Å²) in [6, 6.07) is 7.23. The van der Waals surface area contributed by atoms with Crippen molar-refractivity contribution in [3.05, 3.63) is 24.3 Å². The molecule has 1 aliphatic rings. The molecule has 0 spiro atoms. The van der Waals surface area contributed by atoms with Crippen LogP contribution in [-0.2, 0) is 9.53 Å². The number of nitrogens with two attached hydrogens (primary N) is 1. The molecule has 98 valence electrons. The Bertz CT molecular complexity index is 414. The Labute approximate surface area is 108 Å². The van der Waals surface area contributed by atoms with Gasteiger partial charge in [0.1, 0.15) is 6.10 Å². The second-order valence-electron chi connectivity index (χ2n) is 4.76. The molecule has 4 nitrogen and oxygen atoms in total. The summed E-state index contributed by atoms with van der Waals surface area (Å²) in [6.07, 6.45) is 4.32. The lowest BCUT2D eigenvalue weighted by Crippen LogP contribution is -2.31. The normalized spacial score (nSPS) is 17.6. The average molecular weight is 248 g/mol. The van der Waals surface area contributed by atoms with E-state index in [2.05, 4.69) is 5.32 Å². The van der Waals surface area contributed by atoms with E-state index in [1.54, 1.807) is 19.1 Å². The van der Waals surface area contributed by atoms with Crippen LogP contribution in [0.5, 0.6) is 0 Å². The first-order chi connectivity index (χ1) is 8.66. The lowest BCUT2D eigenvalue weighted by Gasteiger charge is -2.18. The largest absolute Gasteiger partial charge is 0.397 e. The topological polar surface area (TPSA) is 64.3 Å². The lowest BCUT2D eigenvalue weighted by atomic mass is 10.2. The molecule has 0 saturated heterocycles. The van der Waals surface area contributed by atoms with E-state index in [1.165, 1.54) is 12.8 Å². The average Bonchev–Trinajstić information content (AvgIpc) is 2.84. The van der Waals surface area contributed by atoms with Crippen LogP contribution in [0, 0.1) is 0 Å². The van der Waals surface area contributed by atoms with Crippen molar-refractivity contribution in [1.82, 2.24) is 0 Å². The third kappa shape index (κ3) is 3.23. The van der Waals surface area contributed by atoms with Crippen molar-refractivity contribution in [3.8, 4) is 0 Å². The summed E-state index contributed by atoms with van der Waals surface area (Å²) in [7, 11) is 0. The molecule has 0 radical (unpaired) electrons. The molecule has 2 rings (SSSR count). The van der Waals surface area contributed by atoms with E-state index in [1.807, 2.05) is 12.1 Å². The van der Waals surface area contributed by atoms with Crippen LogP contribution < -0.4 is 11.1 Å². The molecular formula is C14H20N2O2. The molecule has 4 heteroatoms. The van der Waals surface area contributed by atoms with Gasteiger partial charge >= 0.3 is 0 Å². The third-order valence-electron chi connectivity index (χ3n) is 3.29. The maximum atomic E-state index is 12.0. The Morgan fingerprint density at radius 3 is 2.72 bits per heavy atom. The number of rotatable bonds is 4. The number of nitrogen functional groups attached to an aromatic ring is 1. The fraction of sp³-hybridized carbons (Fsp3) is 0.500. The van der Waals surface area contributed by atoms with Crippen LogP contribution in [0.4, 0.5) is 11.4 Å². The summed E-state index contributed by atoms with van der Waals surface area (Å²) in [4.78, 5) is 12.0. The highest BCUT2D eigenvalue weighted by atomic mass is 16.5. The molecule has 0 aliphatic heterocycles. The second kappa shape index (κ2) is 5.87. The quantitative estimate of drug-likeness (QED) is 0.805. The van der Waals surface area contributed by atoms with Gasteiger partial charge in [-0.25, -0.2) is 0 Å². The van der Waals surface area contributed by atoms with Crippen molar-refractivity contribution in [2.75, 3.05) is 11.1 Å². The second-order valence-corrected chi connectivity index (χ2v) is 4.76. The smallest absolute Gasteiger partial charge is 0.253 e. The van der Waals surface area contributed by atoms with Crippen LogP contribution in [0.1, 0.15) is 32.6 Å². The summed E-state index contributed by atoms with van der Waals surface area (Å²) in [5.41, 5.74) is 6.99. The van der Waals surface area contributed by atoms with Gasteiger partial charge in [0.15, 0.2) is 0 Å². The summed E-state index contributed by atoms with van der Waals surface area (Å²) < 4.78 is 5.73. The van der Waals surface area contributed by atoms with E-state index in [4.69, 9.17) is 10.5 Å². The van der Waals surface area contributed by atoms with Gasteiger partial charge in [-0.1, -0.05) is 25.0 Å². The number of ether oxygens (including phenoxy) is 1. The Morgan fingerprint density at radius 1 is 1.39 bits per heavy atom. The fourth-order valence-electron chi connectivity index (χ4n) is 2.22. The number of carbonyl (C=O) groups excluding carboxylic acids is 1. The number of hydrogen-bond donors (Lipinski definition) is 2. The Morgan fingerprint density at radius 2 is 2.06 bits per heavy atom. The van der Waals surface area contributed by atoms with Gasteiger partial charge in [-0.3, -0.25) is 4.79 Å². The van der Waals surface area contributed by atoms with E-state index in [0.717, 1.165) is 12.8 Å². The lowest BCUT2D eigenvalue weighted by molar-refractivity contribution is -0.129. The molecule has 1 amide bonds. The van der Waals surface area contributed by atoms with Gasteiger partial charge in [0.05, 0.1) is 17.5 Å². The molecule has 1 saturated carbocycles. The van der Waals surface area contributed by atoms with E-state index in [0.29, 0.717) is 11.4 Å². The summed E-state index contributed by atoms with van der Waals surface area (Å²) >= 11 is 0. The van der Waals surface area contributed by atoms with E-state index in [9.17, 15) is 4.79 Å². The molecule has 1 aromatic carbocycles. The molecule has 3 N–H and O–H groups in total. The number of anilines is 2. The van der Waals surface area contributed by atoms with Gasteiger partial charge in [-0.2, -0.15) is 0 Å². The predicted octanol–water partition coefficient (Wildman–Crippen LogP) is 2.55. The number of nitrogens with one attached hydrogen (secondary N) is 1. The van der Waals surface area contributed by atoms with Gasteiger partial charge in [0.25, 0.3) is 5.91 Å².